The zero-order chi connectivity index (χ0) is 15.7. The average Bonchev–Trinajstić information content (AvgIpc) is 2.81. The Balaban J connectivity index is 2.12. The Kier molecular flexibility index (Phi) is 4.30. The van der Waals surface area contributed by atoms with Crippen LogP contribution in [0.5, 0.6) is 0 Å². The minimum atomic E-state index is -0.313. The van der Waals surface area contributed by atoms with E-state index in [0.717, 1.165) is 42.5 Å². The molecule has 1 saturated carbocycles. The lowest BCUT2D eigenvalue weighted by molar-refractivity contribution is 0.149. The van der Waals surface area contributed by atoms with Gasteiger partial charge in [-0.15, -0.1) is 0 Å². The van der Waals surface area contributed by atoms with Crippen LogP contribution in [0.1, 0.15) is 38.2 Å². The van der Waals surface area contributed by atoms with Crippen molar-refractivity contribution in [2.24, 2.45) is 17.0 Å². The van der Waals surface area contributed by atoms with E-state index in [4.69, 9.17) is 4.84 Å². The van der Waals surface area contributed by atoms with Crippen molar-refractivity contribution < 1.29 is 14.3 Å². The molecular formula is C18H22FNO2. The van der Waals surface area contributed by atoms with Crippen LogP contribution in [0.4, 0.5) is 4.39 Å². The second-order valence-electron chi connectivity index (χ2n) is 6.19. The molecule has 0 aromatic heterocycles. The second kappa shape index (κ2) is 6.21. The number of fused-ring (bicyclic) bond motifs is 2. The van der Waals surface area contributed by atoms with Crippen LogP contribution in [-0.4, -0.2) is 24.0 Å². The Morgan fingerprint density at radius 2 is 2.05 bits per heavy atom. The van der Waals surface area contributed by atoms with E-state index in [1.54, 1.807) is 7.11 Å². The summed E-state index contributed by atoms with van der Waals surface area (Å²) < 4.78 is 13.2. The Morgan fingerprint density at radius 1 is 1.32 bits per heavy atom. The summed E-state index contributed by atoms with van der Waals surface area (Å²) in [6.07, 6.45) is 3.19. The molecular weight excluding hydrogens is 281 g/mol. The molecule has 0 radical (unpaired) electrons. The number of hydrogen-bond acceptors (Lipinski definition) is 3. The number of nitrogens with zero attached hydrogens (tertiary/aromatic N) is 1. The number of aliphatic hydroxyl groups excluding tert-OH is 1. The van der Waals surface area contributed by atoms with Crippen molar-refractivity contribution in [2.45, 2.75) is 38.7 Å². The van der Waals surface area contributed by atoms with Crippen molar-refractivity contribution in [3.63, 3.8) is 0 Å². The number of benzene rings is 1. The number of halogens is 1. The number of oxime groups is 1. The molecule has 0 spiro atoms. The molecule has 2 aliphatic carbocycles. The number of aliphatic hydroxyl groups is 1. The molecule has 3 unspecified atom stereocenters. The molecule has 1 aromatic rings. The van der Waals surface area contributed by atoms with Crippen LogP contribution in [0, 0.1) is 17.7 Å². The molecule has 1 aromatic carbocycles. The van der Waals surface area contributed by atoms with Gasteiger partial charge in [0, 0.05) is 5.92 Å². The van der Waals surface area contributed by atoms with Crippen LogP contribution in [-0.2, 0) is 4.84 Å². The highest BCUT2D eigenvalue weighted by molar-refractivity contribution is 6.07. The summed E-state index contributed by atoms with van der Waals surface area (Å²) in [5.74, 6) is 0.392. The molecule has 4 heteroatoms. The zero-order valence-electron chi connectivity index (χ0n) is 13.1. The van der Waals surface area contributed by atoms with E-state index in [9.17, 15) is 9.50 Å². The van der Waals surface area contributed by atoms with Crippen molar-refractivity contribution >= 4 is 11.3 Å². The van der Waals surface area contributed by atoms with E-state index in [2.05, 4.69) is 5.16 Å². The molecule has 2 aliphatic rings. The molecule has 0 heterocycles. The largest absolute Gasteiger partial charge is 0.399 e. The summed E-state index contributed by atoms with van der Waals surface area (Å²) in [5.41, 5.74) is 4.22. The maximum Gasteiger partial charge on any atom is 0.123 e. The van der Waals surface area contributed by atoms with E-state index >= 15 is 0 Å². The third-order valence-electron chi connectivity index (χ3n) is 4.86. The highest BCUT2D eigenvalue weighted by Gasteiger charge is 2.42. The van der Waals surface area contributed by atoms with E-state index < -0.39 is 0 Å². The van der Waals surface area contributed by atoms with E-state index in [1.165, 1.54) is 17.7 Å². The van der Waals surface area contributed by atoms with Gasteiger partial charge in [-0.2, -0.15) is 0 Å². The highest BCUT2D eigenvalue weighted by Crippen LogP contribution is 2.49. The first kappa shape index (κ1) is 15.2. The van der Waals surface area contributed by atoms with Crippen LogP contribution in [0.3, 0.4) is 0 Å². The summed E-state index contributed by atoms with van der Waals surface area (Å²) in [6, 6.07) is 6.63. The van der Waals surface area contributed by atoms with E-state index in [0.29, 0.717) is 5.92 Å². The van der Waals surface area contributed by atoms with Gasteiger partial charge in [0.15, 0.2) is 0 Å². The van der Waals surface area contributed by atoms with Crippen LogP contribution >= 0.6 is 0 Å². The van der Waals surface area contributed by atoms with Gasteiger partial charge in [-0.1, -0.05) is 24.2 Å². The molecule has 118 valence electrons. The van der Waals surface area contributed by atoms with Gasteiger partial charge in [-0.25, -0.2) is 4.39 Å². The standard InChI is InChI=1S/C18H22FNO2/c1-3-16(20-22-2)18-14(12-4-6-13(19)7-5-12)8-11-9-15(18)17(21)10-11/h4-7,11,15,17,21H,3,8-10H2,1-2H3. The molecule has 1 fully saturated rings. The third-order valence-corrected chi connectivity index (χ3v) is 4.86. The lowest BCUT2D eigenvalue weighted by Gasteiger charge is -2.28. The van der Waals surface area contributed by atoms with Gasteiger partial charge < -0.3 is 9.94 Å². The fourth-order valence-corrected chi connectivity index (χ4v) is 3.94. The summed E-state index contributed by atoms with van der Waals surface area (Å²) in [5, 5.41) is 14.6. The van der Waals surface area contributed by atoms with Gasteiger partial charge in [0.25, 0.3) is 0 Å². The van der Waals surface area contributed by atoms with Crippen molar-refractivity contribution in [3.05, 3.63) is 41.2 Å². The third kappa shape index (κ3) is 2.68. The van der Waals surface area contributed by atoms with Gasteiger partial charge in [-0.05, 0) is 60.4 Å². The van der Waals surface area contributed by atoms with Crippen LogP contribution in [0.2, 0.25) is 0 Å². The maximum atomic E-state index is 13.2. The normalized spacial score (nSPS) is 28.2. The molecule has 0 amide bonds. The summed E-state index contributed by atoms with van der Waals surface area (Å²) in [7, 11) is 1.55. The first-order chi connectivity index (χ1) is 10.6. The molecule has 3 atom stereocenters. The average molecular weight is 303 g/mol. The van der Waals surface area contributed by atoms with Crippen molar-refractivity contribution in [1.82, 2.24) is 0 Å². The van der Waals surface area contributed by atoms with Gasteiger partial charge >= 0.3 is 0 Å². The molecule has 2 bridgehead atoms. The quantitative estimate of drug-likeness (QED) is 0.679. The lowest BCUT2D eigenvalue weighted by Crippen LogP contribution is -2.23. The first-order valence-corrected chi connectivity index (χ1v) is 7.91. The van der Waals surface area contributed by atoms with Crippen molar-refractivity contribution in [2.75, 3.05) is 7.11 Å². The minimum absolute atomic E-state index is 0.118. The Bertz CT molecular complexity index is 606. The smallest absolute Gasteiger partial charge is 0.123 e. The second-order valence-corrected chi connectivity index (χ2v) is 6.19. The van der Waals surface area contributed by atoms with Gasteiger partial charge in [0.2, 0.25) is 0 Å². The minimum Gasteiger partial charge on any atom is -0.399 e. The van der Waals surface area contributed by atoms with Gasteiger partial charge in [0.05, 0.1) is 11.8 Å². The predicted octanol–water partition coefficient (Wildman–Crippen LogP) is 3.78. The molecule has 3 rings (SSSR count). The van der Waals surface area contributed by atoms with Gasteiger partial charge in [0.1, 0.15) is 12.9 Å². The fourth-order valence-electron chi connectivity index (χ4n) is 3.94. The summed E-state index contributed by atoms with van der Waals surface area (Å²) in [4.78, 5) is 5.01. The first-order valence-electron chi connectivity index (χ1n) is 7.91. The highest BCUT2D eigenvalue weighted by atomic mass is 19.1. The summed E-state index contributed by atoms with van der Waals surface area (Å²) in [6.45, 7) is 2.04. The van der Waals surface area contributed by atoms with Crippen LogP contribution in [0.25, 0.3) is 5.57 Å². The Labute approximate surface area is 130 Å². The molecule has 1 N–H and O–H groups in total. The van der Waals surface area contributed by atoms with Crippen molar-refractivity contribution in [1.29, 1.82) is 0 Å². The molecule has 22 heavy (non-hydrogen) atoms. The van der Waals surface area contributed by atoms with Crippen LogP contribution in [0.15, 0.2) is 35.0 Å². The van der Waals surface area contributed by atoms with E-state index in [-0.39, 0.29) is 17.8 Å². The van der Waals surface area contributed by atoms with Gasteiger partial charge in [-0.3, -0.25) is 0 Å². The maximum absolute atomic E-state index is 13.2. The number of rotatable bonds is 4. The SMILES string of the molecule is CCC(=NOC)C1=C(c2ccc(F)cc2)CC2CC(O)C1C2. The number of allylic oxidation sites excluding steroid dienone is 1. The molecule has 3 nitrogen and oxygen atoms in total. The Hall–Kier alpha value is -1.68. The zero-order valence-corrected chi connectivity index (χ0v) is 13.1. The molecule has 0 aliphatic heterocycles. The monoisotopic (exact) mass is 303 g/mol. The Morgan fingerprint density at radius 3 is 2.68 bits per heavy atom. The van der Waals surface area contributed by atoms with E-state index in [1.807, 2.05) is 19.1 Å². The van der Waals surface area contributed by atoms with Crippen LogP contribution < -0.4 is 0 Å². The molecule has 0 saturated heterocycles. The number of hydrogen-bond donors (Lipinski definition) is 1. The lowest BCUT2D eigenvalue weighted by atomic mass is 9.77. The van der Waals surface area contributed by atoms with Crippen molar-refractivity contribution in [3.8, 4) is 0 Å². The fraction of sp³-hybridized carbons (Fsp3) is 0.500. The topological polar surface area (TPSA) is 41.8 Å². The summed E-state index contributed by atoms with van der Waals surface area (Å²) >= 11 is 0. The predicted molar refractivity (Wildman–Crippen MR) is 84.9 cm³/mol.